The van der Waals surface area contributed by atoms with Crippen molar-refractivity contribution in [1.82, 2.24) is 0 Å². The van der Waals surface area contributed by atoms with E-state index < -0.39 is 18.6 Å². The minimum Gasteiger partial charge on any atom is -0.481 e. The highest BCUT2D eigenvalue weighted by Gasteiger charge is 2.34. The topological polar surface area (TPSA) is 9.23 Å². The smallest absolute Gasteiger partial charge is 0.481 e. The summed E-state index contributed by atoms with van der Waals surface area (Å²) in [6, 6.07) is 15.2. The predicted molar refractivity (Wildman–Crippen MR) is 73.3 cm³/mol. The Morgan fingerprint density at radius 2 is 1.50 bits per heavy atom. The van der Waals surface area contributed by atoms with Gasteiger partial charge in [-0.25, -0.2) is 0 Å². The van der Waals surface area contributed by atoms with Crippen LogP contribution < -0.4 is 4.74 Å². The molecular weight excluding hydrogens is 264 g/mol. The van der Waals surface area contributed by atoms with E-state index in [9.17, 15) is 12.9 Å². The van der Waals surface area contributed by atoms with Gasteiger partial charge in [0.15, 0.2) is 0 Å². The van der Waals surface area contributed by atoms with Gasteiger partial charge in [-0.1, -0.05) is 60.1 Å². The van der Waals surface area contributed by atoms with Gasteiger partial charge in [0.2, 0.25) is 0 Å². The van der Waals surface area contributed by atoms with Gasteiger partial charge in [-0.05, 0) is 17.2 Å². The number of halogens is 3. The summed E-state index contributed by atoms with van der Waals surface area (Å²) >= 11 is 0. The van der Waals surface area contributed by atoms with Gasteiger partial charge < -0.3 is 17.7 Å². The van der Waals surface area contributed by atoms with E-state index in [1.165, 1.54) is 6.07 Å². The summed E-state index contributed by atoms with van der Waals surface area (Å²) in [5.41, 5.74) is 0.243. The maximum atomic E-state index is 13.2. The summed E-state index contributed by atoms with van der Waals surface area (Å²) in [6.07, 6.45) is 0.460. The minimum absolute atomic E-state index is 0.118. The molecule has 0 amide bonds. The number of hydrogen-bond acceptors (Lipinski definition) is 1. The Labute approximate surface area is 114 Å². The third-order valence-electron chi connectivity index (χ3n) is 3.26. The van der Waals surface area contributed by atoms with Gasteiger partial charge in [0.1, 0.15) is 11.9 Å². The van der Waals surface area contributed by atoms with Crippen molar-refractivity contribution < 1.29 is 17.7 Å². The maximum Gasteiger partial charge on any atom is 0.510 e. The molecule has 102 valence electrons. The van der Waals surface area contributed by atoms with E-state index in [-0.39, 0.29) is 11.3 Å². The zero-order chi connectivity index (χ0) is 14.2. The van der Waals surface area contributed by atoms with E-state index in [0.717, 1.165) is 6.08 Å². The van der Waals surface area contributed by atoms with Gasteiger partial charge in [0.25, 0.3) is 0 Å². The summed E-state index contributed by atoms with van der Waals surface area (Å²) in [7, 11) is 0. The second-order valence-electron chi connectivity index (χ2n) is 4.64. The highest BCUT2D eigenvalue weighted by atomic mass is 19.4. The third kappa shape index (κ3) is 2.31. The minimum atomic E-state index is -5.07. The summed E-state index contributed by atoms with van der Waals surface area (Å²) in [5.74, 6) is 0.276. The number of ether oxygens (including phenoxy) is 1. The first-order valence-electron chi connectivity index (χ1n) is 6.28. The van der Waals surface area contributed by atoms with Gasteiger partial charge in [0.05, 0.1) is 0 Å². The zero-order valence-electron chi connectivity index (χ0n) is 10.5. The molecule has 1 heterocycles. The molecule has 0 unspecified atom stereocenters. The van der Waals surface area contributed by atoms with Crippen molar-refractivity contribution in [1.29, 1.82) is 0 Å². The van der Waals surface area contributed by atoms with Crippen LogP contribution in [-0.4, -0.2) is 6.98 Å². The van der Waals surface area contributed by atoms with Gasteiger partial charge in [0, 0.05) is 0 Å². The van der Waals surface area contributed by atoms with Crippen LogP contribution >= 0.6 is 0 Å². The normalized spacial score (nSPS) is 17.9. The molecule has 2 aromatic rings. The van der Waals surface area contributed by atoms with E-state index in [4.69, 9.17) is 4.74 Å². The second kappa shape index (κ2) is 4.74. The quantitative estimate of drug-likeness (QED) is 0.728. The van der Waals surface area contributed by atoms with Crippen molar-refractivity contribution in [2.45, 2.75) is 6.10 Å². The lowest BCUT2D eigenvalue weighted by Crippen LogP contribution is -2.23. The average Bonchev–Trinajstić information content (AvgIpc) is 2.46. The molecule has 5 heteroatoms. The lowest BCUT2D eigenvalue weighted by atomic mass is 9.72. The molecule has 0 aromatic heterocycles. The molecule has 1 aliphatic heterocycles. The summed E-state index contributed by atoms with van der Waals surface area (Å²) < 4.78 is 45.4. The van der Waals surface area contributed by atoms with Crippen molar-refractivity contribution in [3.63, 3.8) is 0 Å². The third-order valence-corrected chi connectivity index (χ3v) is 3.26. The van der Waals surface area contributed by atoms with Crippen LogP contribution in [0.3, 0.4) is 0 Å². The standard InChI is InChI=1S/C15H11BF3O/c17-16(18,19)13-10-15(11-6-2-1-3-7-11)20-14-9-5-4-8-12(13)14/h1-10,15H/q-1/t15-/m1/s1. The Bertz CT molecular complexity index is 650. The number of rotatable bonds is 2. The van der Waals surface area contributed by atoms with Crippen molar-refractivity contribution >= 4 is 12.4 Å². The number of fused-ring (bicyclic) bond motifs is 1. The SMILES string of the molecule is F[B-](F)(F)C1=C[C@H](c2ccccc2)Oc2ccccc21. The molecular formula is C15H11BF3O-. The first kappa shape index (κ1) is 12.8. The Morgan fingerprint density at radius 1 is 0.850 bits per heavy atom. The molecule has 2 aromatic carbocycles. The van der Waals surface area contributed by atoms with E-state index in [2.05, 4.69) is 0 Å². The van der Waals surface area contributed by atoms with Gasteiger partial charge in [-0.15, -0.1) is 0 Å². The van der Waals surface area contributed by atoms with E-state index >= 15 is 0 Å². The van der Waals surface area contributed by atoms with Crippen LogP contribution in [0, 0.1) is 0 Å². The summed E-state index contributed by atoms with van der Waals surface area (Å²) in [5, 5.41) is 0. The Kier molecular flexibility index (Phi) is 3.05. The van der Waals surface area contributed by atoms with Crippen molar-refractivity contribution in [3.8, 4) is 5.75 Å². The van der Waals surface area contributed by atoms with Crippen molar-refractivity contribution in [3.05, 3.63) is 71.8 Å². The van der Waals surface area contributed by atoms with Crippen LogP contribution in [0.1, 0.15) is 17.2 Å². The predicted octanol–water partition coefficient (Wildman–Crippen LogP) is 4.59. The highest BCUT2D eigenvalue weighted by molar-refractivity contribution is 6.79. The van der Waals surface area contributed by atoms with Crippen molar-refractivity contribution in [2.75, 3.05) is 0 Å². The molecule has 0 spiro atoms. The fraction of sp³-hybridized carbons (Fsp3) is 0.0667. The van der Waals surface area contributed by atoms with E-state index in [1.54, 1.807) is 42.5 Å². The summed E-state index contributed by atoms with van der Waals surface area (Å²) in [4.78, 5) is 0. The van der Waals surface area contributed by atoms with Crippen LogP contribution in [0.25, 0.3) is 5.47 Å². The molecule has 1 aliphatic rings. The molecule has 0 fully saturated rings. The lowest BCUT2D eigenvalue weighted by Gasteiger charge is -2.30. The largest absolute Gasteiger partial charge is 0.510 e. The second-order valence-corrected chi connectivity index (χ2v) is 4.64. The Balaban J connectivity index is 2.10. The molecule has 0 radical (unpaired) electrons. The first-order chi connectivity index (χ1) is 9.55. The number of para-hydroxylation sites is 1. The van der Waals surface area contributed by atoms with Gasteiger partial charge in [-0.3, -0.25) is 0 Å². The summed E-state index contributed by atoms with van der Waals surface area (Å²) in [6.45, 7) is -5.07. The molecule has 20 heavy (non-hydrogen) atoms. The van der Waals surface area contributed by atoms with E-state index in [0.29, 0.717) is 5.56 Å². The molecule has 0 N–H and O–H groups in total. The Hall–Kier alpha value is -2.17. The lowest BCUT2D eigenvalue weighted by molar-refractivity contribution is 0.250. The zero-order valence-corrected chi connectivity index (χ0v) is 10.5. The number of hydrogen-bond donors (Lipinski definition) is 0. The van der Waals surface area contributed by atoms with Crippen LogP contribution in [0.2, 0.25) is 0 Å². The molecule has 0 aliphatic carbocycles. The molecule has 0 bridgehead atoms. The molecule has 0 saturated heterocycles. The molecule has 3 rings (SSSR count). The highest BCUT2D eigenvalue weighted by Crippen LogP contribution is 2.42. The first-order valence-corrected chi connectivity index (χ1v) is 6.28. The monoisotopic (exact) mass is 275 g/mol. The Morgan fingerprint density at radius 3 is 2.20 bits per heavy atom. The fourth-order valence-electron chi connectivity index (χ4n) is 2.32. The molecule has 1 nitrogen and oxygen atoms in total. The van der Waals surface area contributed by atoms with Crippen LogP contribution in [-0.2, 0) is 0 Å². The fourth-order valence-corrected chi connectivity index (χ4v) is 2.32. The average molecular weight is 275 g/mol. The molecule has 0 saturated carbocycles. The van der Waals surface area contributed by atoms with Crippen LogP contribution in [0.4, 0.5) is 12.9 Å². The molecule has 1 atom stereocenters. The van der Waals surface area contributed by atoms with Gasteiger partial charge >= 0.3 is 6.98 Å². The van der Waals surface area contributed by atoms with E-state index in [1.807, 2.05) is 6.07 Å². The van der Waals surface area contributed by atoms with Gasteiger partial charge in [-0.2, -0.15) is 0 Å². The number of benzene rings is 2. The van der Waals surface area contributed by atoms with Crippen molar-refractivity contribution in [2.24, 2.45) is 0 Å². The maximum absolute atomic E-state index is 13.2. The van der Waals surface area contributed by atoms with Crippen LogP contribution in [0.5, 0.6) is 5.75 Å². The van der Waals surface area contributed by atoms with Crippen LogP contribution in [0.15, 0.2) is 60.7 Å².